The van der Waals surface area contributed by atoms with E-state index in [0.29, 0.717) is 0 Å². The molecule has 0 bridgehead atoms. The van der Waals surface area contributed by atoms with Crippen LogP contribution in [-0.2, 0) is 12.8 Å². The smallest absolute Gasteiger partial charge is 0.0925 e. The van der Waals surface area contributed by atoms with E-state index in [9.17, 15) is 0 Å². The molecule has 2 nitrogen and oxygen atoms in total. The molecule has 0 atom stereocenters. The fraction of sp³-hybridized carbons (Fsp3) is 0.348. The van der Waals surface area contributed by atoms with Crippen LogP contribution in [0.5, 0.6) is 0 Å². The van der Waals surface area contributed by atoms with Crippen LogP contribution in [0.15, 0.2) is 67.0 Å². The van der Waals surface area contributed by atoms with Crippen LogP contribution >= 0.6 is 0 Å². The SMILES string of the molecule is CCCCc1nc[nH]c1CCCC.c1ccc(-c2ccccc2)cc1. The average molecular weight is 335 g/mol. The topological polar surface area (TPSA) is 28.7 Å². The molecule has 3 aromatic rings. The van der Waals surface area contributed by atoms with Gasteiger partial charge < -0.3 is 4.98 Å². The summed E-state index contributed by atoms with van der Waals surface area (Å²) in [6.45, 7) is 4.44. The Labute approximate surface area is 152 Å². The molecule has 0 radical (unpaired) electrons. The number of rotatable bonds is 7. The van der Waals surface area contributed by atoms with Crippen molar-refractivity contribution in [2.75, 3.05) is 0 Å². The van der Waals surface area contributed by atoms with Crippen LogP contribution < -0.4 is 0 Å². The number of benzene rings is 2. The minimum absolute atomic E-state index is 1.14. The second-order valence-corrected chi connectivity index (χ2v) is 6.27. The van der Waals surface area contributed by atoms with Crippen LogP contribution in [0.3, 0.4) is 0 Å². The Hall–Kier alpha value is -2.35. The molecule has 0 aliphatic rings. The molecule has 1 aromatic heterocycles. The number of aromatic nitrogens is 2. The quantitative estimate of drug-likeness (QED) is 0.528. The number of hydrogen-bond acceptors (Lipinski definition) is 1. The molecule has 0 unspecified atom stereocenters. The standard InChI is InChI=1S/C12H10.C11H20N2/c1-3-7-11(8-4-1)12-9-5-2-6-10-12;1-3-5-7-10-11(8-6-4-2)13-9-12-10/h1-10H;9H,3-8H2,1-2H3,(H,12,13). The van der Waals surface area contributed by atoms with Gasteiger partial charge in [0, 0.05) is 5.69 Å². The molecule has 0 fully saturated rings. The van der Waals surface area contributed by atoms with Crippen LogP contribution in [0.2, 0.25) is 0 Å². The Morgan fingerprint density at radius 2 is 1.24 bits per heavy atom. The highest BCUT2D eigenvalue weighted by molar-refractivity contribution is 5.62. The Morgan fingerprint density at radius 3 is 1.76 bits per heavy atom. The van der Waals surface area contributed by atoms with Crippen molar-refractivity contribution in [1.29, 1.82) is 0 Å². The van der Waals surface area contributed by atoms with E-state index < -0.39 is 0 Å². The van der Waals surface area contributed by atoms with E-state index in [1.54, 1.807) is 0 Å². The minimum Gasteiger partial charge on any atom is -0.348 e. The summed E-state index contributed by atoms with van der Waals surface area (Å²) in [5.41, 5.74) is 5.20. The predicted molar refractivity (Wildman–Crippen MR) is 108 cm³/mol. The molecule has 1 heterocycles. The van der Waals surface area contributed by atoms with Gasteiger partial charge in [-0.1, -0.05) is 87.4 Å². The van der Waals surface area contributed by atoms with Crippen molar-refractivity contribution in [3.63, 3.8) is 0 Å². The summed E-state index contributed by atoms with van der Waals surface area (Å²) in [7, 11) is 0. The first kappa shape index (κ1) is 19.0. The van der Waals surface area contributed by atoms with Gasteiger partial charge in [0.1, 0.15) is 0 Å². The van der Waals surface area contributed by atoms with Crippen LogP contribution in [0, 0.1) is 0 Å². The maximum atomic E-state index is 4.35. The van der Waals surface area contributed by atoms with Gasteiger partial charge in [0.2, 0.25) is 0 Å². The fourth-order valence-electron chi connectivity index (χ4n) is 2.74. The lowest BCUT2D eigenvalue weighted by molar-refractivity contribution is 0.741. The summed E-state index contributed by atoms with van der Waals surface area (Å²) < 4.78 is 0. The minimum atomic E-state index is 1.14. The normalized spacial score (nSPS) is 10.2. The van der Waals surface area contributed by atoms with Gasteiger partial charge in [-0.25, -0.2) is 4.98 Å². The van der Waals surface area contributed by atoms with Gasteiger partial charge in [-0.15, -0.1) is 0 Å². The number of H-pyrrole nitrogens is 1. The molecule has 0 aliphatic carbocycles. The molecule has 0 amide bonds. The Balaban J connectivity index is 0.000000181. The van der Waals surface area contributed by atoms with Crippen molar-refractivity contribution in [3.8, 4) is 11.1 Å². The molecule has 25 heavy (non-hydrogen) atoms. The molecular formula is C23H30N2. The highest BCUT2D eigenvalue weighted by atomic mass is 14.9. The number of nitrogens with one attached hydrogen (secondary N) is 1. The summed E-state index contributed by atoms with van der Waals surface area (Å²) in [5, 5.41) is 0. The van der Waals surface area contributed by atoms with E-state index in [1.165, 1.54) is 48.2 Å². The van der Waals surface area contributed by atoms with Crippen molar-refractivity contribution in [1.82, 2.24) is 9.97 Å². The zero-order chi connectivity index (χ0) is 17.7. The maximum absolute atomic E-state index is 4.35. The summed E-state index contributed by atoms with van der Waals surface area (Å²) >= 11 is 0. The summed E-state index contributed by atoms with van der Waals surface area (Å²) in [6.07, 6.45) is 9.15. The third-order valence-electron chi connectivity index (χ3n) is 4.24. The molecule has 3 rings (SSSR count). The van der Waals surface area contributed by atoms with Gasteiger partial charge in [0.15, 0.2) is 0 Å². The summed E-state index contributed by atoms with van der Waals surface area (Å²) in [5.74, 6) is 0. The van der Waals surface area contributed by atoms with E-state index in [1.807, 2.05) is 18.5 Å². The predicted octanol–water partition coefficient (Wildman–Crippen LogP) is 6.45. The number of imidazole rings is 1. The van der Waals surface area contributed by atoms with Crippen molar-refractivity contribution in [3.05, 3.63) is 78.4 Å². The fourth-order valence-corrected chi connectivity index (χ4v) is 2.74. The van der Waals surface area contributed by atoms with Gasteiger partial charge in [-0.3, -0.25) is 0 Å². The lowest BCUT2D eigenvalue weighted by atomic mass is 10.1. The molecule has 0 saturated carbocycles. The zero-order valence-electron chi connectivity index (χ0n) is 15.5. The largest absolute Gasteiger partial charge is 0.348 e. The van der Waals surface area contributed by atoms with E-state index in [0.717, 1.165) is 12.8 Å². The monoisotopic (exact) mass is 334 g/mol. The first-order valence-corrected chi connectivity index (χ1v) is 9.46. The first-order valence-electron chi connectivity index (χ1n) is 9.46. The molecule has 132 valence electrons. The lowest BCUT2D eigenvalue weighted by Crippen LogP contribution is -1.93. The van der Waals surface area contributed by atoms with E-state index in [2.05, 4.69) is 72.3 Å². The molecule has 0 saturated heterocycles. The zero-order valence-corrected chi connectivity index (χ0v) is 15.5. The number of unbranched alkanes of at least 4 members (excludes halogenated alkanes) is 2. The van der Waals surface area contributed by atoms with Crippen LogP contribution in [0.4, 0.5) is 0 Å². The summed E-state index contributed by atoms with van der Waals surface area (Å²) in [6, 6.07) is 20.8. The number of aryl methyl sites for hydroxylation is 2. The molecule has 1 N–H and O–H groups in total. The maximum Gasteiger partial charge on any atom is 0.0925 e. The van der Waals surface area contributed by atoms with E-state index in [4.69, 9.17) is 0 Å². The van der Waals surface area contributed by atoms with Gasteiger partial charge >= 0.3 is 0 Å². The van der Waals surface area contributed by atoms with E-state index in [-0.39, 0.29) is 0 Å². The highest BCUT2D eigenvalue weighted by Crippen LogP contribution is 2.17. The number of aromatic amines is 1. The lowest BCUT2D eigenvalue weighted by Gasteiger charge is -2.00. The third-order valence-corrected chi connectivity index (χ3v) is 4.24. The van der Waals surface area contributed by atoms with Gasteiger partial charge in [0.05, 0.1) is 12.0 Å². The number of hydrogen-bond donors (Lipinski definition) is 1. The van der Waals surface area contributed by atoms with Gasteiger partial charge in [0.25, 0.3) is 0 Å². The first-order chi connectivity index (χ1) is 12.3. The average Bonchev–Trinajstić information content (AvgIpc) is 3.14. The molecule has 0 spiro atoms. The molecule has 2 aromatic carbocycles. The Morgan fingerprint density at radius 1 is 0.720 bits per heavy atom. The van der Waals surface area contributed by atoms with Gasteiger partial charge in [-0.05, 0) is 36.8 Å². The second-order valence-electron chi connectivity index (χ2n) is 6.27. The van der Waals surface area contributed by atoms with Crippen molar-refractivity contribution >= 4 is 0 Å². The van der Waals surface area contributed by atoms with E-state index >= 15 is 0 Å². The summed E-state index contributed by atoms with van der Waals surface area (Å²) in [4.78, 5) is 7.59. The van der Waals surface area contributed by atoms with Crippen molar-refractivity contribution in [2.24, 2.45) is 0 Å². The van der Waals surface area contributed by atoms with Gasteiger partial charge in [-0.2, -0.15) is 0 Å². The third kappa shape index (κ3) is 6.58. The number of nitrogens with zero attached hydrogens (tertiary/aromatic N) is 1. The Kier molecular flexibility index (Phi) is 8.54. The van der Waals surface area contributed by atoms with Crippen LogP contribution in [0.1, 0.15) is 50.9 Å². The van der Waals surface area contributed by atoms with Crippen molar-refractivity contribution < 1.29 is 0 Å². The Bertz CT molecular complexity index is 626. The molecule has 2 heteroatoms. The van der Waals surface area contributed by atoms with Crippen LogP contribution in [0.25, 0.3) is 11.1 Å². The highest BCUT2D eigenvalue weighted by Gasteiger charge is 2.03. The van der Waals surface area contributed by atoms with Crippen LogP contribution in [-0.4, -0.2) is 9.97 Å². The molecular weight excluding hydrogens is 304 g/mol. The van der Waals surface area contributed by atoms with Crippen molar-refractivity contribution in [2.45, 2.75) is 52.4 Å². The molecule has 0 aliphatic heterocycles. The second kappa shape index (κ2) is 11.2.